The van der Waals surface area contributed by atoms with Crippen LogP contribution in [0, 0.1) is 0 Å². The van der Waals surface area contributed by atoms with Gasteiger partial charge >= 0.3 is 0 Å². The van der Waals surface area contributed by atoms with Crippen LogP contribution in [0.15, 0.2) is 60.8 Å². The molecule has 1 fully saturated rings. The van der Waals surface area contributed by atoms with E-state index in [-0.39, 0.29) is 12.5 Å². The van der Waals surface area contributed by atoms with E-state index in [2.05, 4.69) is 67.8 Å². The summed E-state index contributed by atoms with van der Waals surface area (Å²) in [6.45, 7) is 3.81. The number of aliphatic hydroxyl groups excluding tert-OH is 5. The van der Waals surface area contributed by atoms with Crippen LogP contribution in [0.2, 0.25) is 0 Å². The number of rotatable bonds is 74. The number of amides is 1. The third-order valence-electron chi connectivity index (χ3n) is 19.8. The quantitative estimate of drug-likeness (QED) is 0.0261. The first-order valence-electron chi connectivity index (χ1n) is 41.5. The van der Waals surface area contributed by atoms with Crippen molar-refractivity contribution in [3.8, 4) is 0 Å². The maximum absolute atomic E-state index is 13.2. The largest absolute Gasteiger partial charge is 0.394 e. The molecule has 1 heterocycles. The van der Waals surface area contributed by atoms with Crippen LogP contribution in [0.25, 0.3) is 0 Å². The van der Waals surface area contributed by atoms with Crippen LogP contribution in [0.5, 0.6) is 0 Å². The van der Waals surface area contributed by atoms with Crippen LogP contribution in [0.1, 0.15) is 418 Å². The smallest absolute Gasteiger partial charge is 0.220 e. The van der Waals surface area contributed by atoms with Gasteiger partial charge in [0.1, 0.15) is 24.4 Å². The summed E-state index contributed by atoms with van der Waals surface area (Å²) in [4.78, 5) is 13.2. The normalized spacial score (nSPS) is 17.8. The molecule has 0 spiro atoms. The standard InChI is InChI=1S/C85H159NO8/c1-3-5-7-9-11-13-15-17-19-21-23-25-27-29-31-33-35-36-37-38-39-40-41-42-43-44-45-47-49-51-53-55-57-59-61-63-65-67-69-71-73-75-81(89)86-78(77-93-85-84(92)83(91)82(90)80(76-87)94-85)79(88)74-72-70-68-66-64-62-60-58-56-54-52-50-48-46-34-32-30-28-26-24-22-20-18-16-14-12-10-8-6-4-2/h15,17,21,23,27,29,64,66,72,74,78-80,82-85,87-88,90-92H,3-14,16,18-20,22,24-26,28,30-63,65,67-71,73,75-77H2,1-2H3,(H,86,89)/b17-15-,23-21-,29-27-,66-64+,74-72+. The molecule has 1 rings (SSSR count). The minimum absolute atomic E-state index is 0.178. The Morgan fingerprint density at radius 3 is 0.968 bits per heavy atom. The van der Waals surface area contributed by atoms with E-state index in [0.717, 1.165) is 51.4 Å². The molecule has 1 saturated heterocycles. The predicted molar refractivity (Wildman–Crippen MR) is 406 cm³/mol. The van der Waals surface area contributed by atoms with Crippen molar-refractivity contribution in [1.82, 2.24) is 5.32 Å². The Balaban J connectivity index is 2.05. The minimum atomic E-state index is -1.57. The number of hydrogen-bond donors (Lipinski definition) is 6. The number of aliphatic hydroxyl groups is 5. The molecule has 9 nitrogen and oxygen atoms in total. The van der Waals surface area contributed by atoms with E-state index in [9.17, 15) is 30.3 Å². The molecule has 7 unspecified atom stereocenters. The van der Waals surface area contributed by atoms with Crippen molar-refractivity contribution in [2.75, 3.05) is 13.2 Å². The molecule has 7 atom stereocenters. The molecule has 0 bridgehead atoms. The van der Waals surface area contributed by atoms with Gasteiger partial charge < -0.3 is 40.3 Å². The lowest BCUT2D eigenvalue weighted by molar-refractivity contribution is -0.302. The molecule has 1 aliphatic heterocycles. The molecule has 0 aliphatic carbocycles. The lowest BCUT2D eigenvalue weighted by Crippen LogP contribution is -2.60. The van der Waals surface area contributed by atoms with Gasteiger partial charge in [-0.3, -0.25) is 4.79 Å². The Bertz CT molecular complexity index is 1680. The van der Waals surface area contributed by atoms with Gasteiger partial charge in [0.2, 0.25) is 5.91 Å². The van der Waals surface area contributed by atoms with Gasteiger partial charge in [-0.15, -0.1) is 0 Å². The van der Waals surface area contributed by atoms with Crippen LogP contribution in [-0.2, 0) is 14.3 Å². The fraction of sp³-hybridized carbons (Fsp3) is 0.871. The van der Waals surface area contributed by atoms with Crippen molar-refractivity contribution in [2.24, 2.45) is 0 Å². The van der Waals surface area contributed by atoms with E-state index in [1.807, 2.05) is 6.08 Å². The average molecular weight is 1320 g/mol. The van der Waals surface area contributed by atoms with Gasteiger partial charge in [0.15, 0.2) is 6.29 Å². The molecule has 6 N–H and O–H groups in total. The molecular weight excluding hydrogens is 1160 g/mol. The highest BCUT2D eigenvalue weighted by Crippen LogP contribution is 2.24. The highest BCUT2D eigenvalue weighted by molar-refractivity contribution is 5.76. The zero-order valence-corrected chi connectivity index (χ0v) is 62.2. The van der Waals surface area contributed by atoms with E-state index in [0.29, 0.717) is 6.42 Å². The molecule has 0 aromatic carbocycles. The zero-order chi connectivity index (χ0) is 67.8. The molecule has 552 valence electrons. The van der Waals surface area contributed by atoms with Gasteiger partial charge in [-0.05, 0) is 70.6 Å². The first-order valence-corrected chi connectivity index (χ1v) is 41.5. The number of nitrogens with one attached hydrogen (secondary N) is 1. The first kappa shape index (κ1) is 89.9. The maximum atomic E-state index is 13.2. The summed E-state index contributed by atoms with van der Waals surface area (Å²) in [5.41, 5.74) is 0. The van der Waals surface area contributed by atoms with Crippen molar-refractivity contribution >= 4 is 5.91 Å². The Labute approximate surface area is 583 Å². The molecule has 94 heavy (non-hydrogen) atoms. The summed E-state index contributed by atoms with van der Waals surface area (Å²) >= 11 is 0. The van der Waals surface area contributed by atoms with Crippen LogP contribution in [0.3, 0.4) is 0 Å². The fourth-order valence-corrected chi connectivity index (χ4v) is 13.4. The first-order chi connectivity index (χ1) is 46.3. The molecule has 0 aromatic heterocycles. The van der Waals surface area contributed by atoms with Gasteiger partial charge in [0.05, 0.1) is 25.4 Å². The van der Waals surface area contributed by atoms with E-state index in [1.165, 1.54) is 347 Å². The summed E-state index contributed by atoms with van der Waals surface area (Å²) < 4.78 is 11.3. The van der Waals surface area contributed by atoms with Crippen LogP contribution < -0.4 is 5.32 Å². The lowest BCUT2D eigenvalue weighted by atomic mass is 9.99. The van der Waals surface area contributed by atoms with E-state index in [4.69, 9.17) is 9.47 Å². The summed E-state index contributed by atoms with van der Waals surface area (Å²) in [7, 11) is 0. The number of hydrogen-bond acceptors (Lipinski definition) is 8. The lowest BCUT2D eigenvalue weighted by Gasteiger charge is -2.40. The molecule has 1 amide bonds. The third kappa shape index (κ3) is 61.0. The van der Waals surface area contributed by atoms with E-state index < -0.39 is 49.5 Å². The molecule has 0 saturated carbocycles. The zero-order valence-electron chi connectivity index (χ0n) is 62.2. The van der Waals surface area contributed by atoms with Gasteiger partial charge in [-0.25, -0.2) is 0 Å². The van der Waals surface area contributed by atoms with Gasteiger partial charge in [-0.2, -0.15) is 0 Å². The van der Waals surface area contributed by atoms with E-state index >= 15 is 0 Å². The van der Waals surface area contributed by atoms with Crippen LogP contribution in [-0.4, -0.2) is 87.5 Å². The summed E-state index contributed by atoms with van der Waals surface area (Å²) in [6.07, 6.45) is 96.8. The van der Waals surface area contributed by atoms with E-state index in [1.54, 1.807) is 6.08 Å². The number of carbonyl (C=O) groups is 1. The topological polar surface area (TPSA) is 149 Å². The fourth-order valence-electron chi connectivity index (χ4n) is 13.4. The van der Waals surface area contributed by atoms with Crippen LogP contribution >= 0.6 is 0 Å². The number of ether oxygens (including phenoxy) is 2. The molecule has 1 aliphatic rings. The van der Waals surface area contributed by atoms with Gasteiger partial charge in [0.25, 0.3) is 0 Å². The second kappa shape index (κ2) is 73.6. The van der Waals surface area contributed by atoms with Crippen molar-refractivity contribution < 1.29 is 39.8 Å². The highest BCUT2D eigenvalue weighted by atomic mass is 16.7. The number of carbonyl (C=O) groups excluding carboxylic acids is 1. The van der Waals surface area contributed by atoms with Gasteiger partial charge in [0, 0.05) is 6.42 Å². The Hall–Kier alpha value is -2.11. The average Bonchev–Trinajstić information content (AvgIpc) is 0.831. The summed E-state index contributed by atoms with van der Waals surface area (Å²) in [6, 6.07) is -0.824. The Morgan fingerprint density at radius 1 is 0.362 bits per heavy atom. The molecule has 0 aromatic rings. The Morgan fingerprint density at radius 2 is 0.638 bits per heavy atom. The van der Waals surface area contributed by atoms with Crippen molar-refractivity contribution in [3.05, 3.63) is 60.8 Å². The molecule has 9 heteroatoms. The van der Waals surface area contributed by atoms with Crippen molar-refractivity contribution in [1.29, 1.82) is 0 Å². The second-order valence-electron chi connectivity index (χ2n) is 28.9. The highest BCUT2D eigenvalue weighted by Gasteiger charge is 2.44. The van der Waals surface area contributed by atoms with Gasteiger partial charge in [-0.1, -0.05) is 402 Å². The number of allylic oxidation sites excluding steroid dienone is 9. The monoisotopic (exact) mass is 1320 g/mol. The summed E-state index contributed by atoms with van der Waals surface area (Å²) in [5.74, 6) is -0.178. The second-order valence-corrected chi connectivity index (χ2v) is 28.9. The van der Waals surface area contributed by atoms with Crippen LogP contribution in [0.4, 0.5) is 0 Å². The predicted octanol–water partition coefficient (Wildman–Crippen LogP) is 24.0. The van der Waals surface area contributed by atoms with Crippen molar-refractivity contribution in [2.45, 2.75) is 461 Å². The maximum Gasteiger partial charge on any atom is 0.220 e. The number of unbranched alkanes of at least 4 members (excludes halogenated alkanes) is 56. The molecule has 0 radical (unpaired) electrons. The summed E-state index contributed by atoms with van der Waals surface area (Å²) in [5, 5.41) is 54.9. The molecular formula is C85H159NO8. The third-order valence-corrected chi connectivity index (χ3v) is 19.8. The Kier molecular flexibility index (Phi) is 70.4. The minimum Gasteiger partial charge on any atom is -0.394 e. The van der Waals surface area contributed by atoms with Crippen molar-refractivity contribution in [3.63, 3.8) is 0 Å². The SMILES string of the molecule is CCCCCCC/C=C\C/C=C\C/C=C\CCCCCCCCCCCCCCCCCCCCCCCCCCCCC(=O)NC(COC1OC(CO)C(O)C(O)C1O)C(O)/C=C/CC/C=C/CCCCCCCCCCCCCCCCCCCCCCCCCC.